The Kier molecular flexibility index (Phi) is 4.45. The van der Waals surface area contributed by atoms with Crippen molar-refractivity contribution < 1.29 is 0 Å². The van der Waals surface area contributed by atoms with E-state index in [0.717, 1.165) is 47.4 Å². The highest BCUT2D eigenvalue weighted by Crippen LogP contribution is 2.22. The van der Waals surface area contributed by atoms with E-state index in [9.17, 15) is 0 Å². The van der Waals surface area contributed by atoms with Gasteiger partial charge in [-0.2, -0.15) is 10.2 Å². The lowest BCUT2D eigenvalue weighted by Crippen LogP contribution is -2.18. The van der Waals surface area contributed by atoms with Gasteiger partial charge >= 0.3 is 0 Å². The second kappa shape index (κ2) is 7.05. The lowest BCUT2D eigenvalue weighted by Gasteiger charge is -2.17. The minimum atomic E-state index is 0.734. The molecule has 7 heteroatoms. The maximum Gasteiger partial charge on any atom is 0.0720 e. The molecule has 0 aromatic carbocycles. The van der Waals surface area contributed by atoms with Gasteiger partial charge in [-0.05, 0) is 24.7 Å². The van der Waals surface area contributed by atoms with Crippen LogP contribution in [0.5, 0.6) is 0 Å². The lowest BCUT2D eigenvalue weighted by molar-refractivity contribution is 0.316. The van der Waals surface area contributed by atoms with E-state index in [-0.39, 0.29) is 0 Å². The highest BCUT2D eigenvalue weighted by atomic mass is 15.2. The predicted octanol–water partition coefficient (Wildman–Crippen LogP) is 2.31. The molecule has 0 amide bonds. The second-order valence-electron chi connectivity index (χ2n) is 6.58. The molecular formula is C19H21N7. The molecule has 4 aromatic heterocycles. The van der Waals surface area contributed by atoms with Gasteiger partial charge < -0.3 is 0 Å². The standard InChI is InChI=1S/C19H21N7/c1-25(12-14-4-3-6-20-9-14)13-18-17-11-22-23-19(17)15(10-21-18)8-16-5-7-26(2)24-16/h3-7,9-11H,8,12-13H2,1-2H3,(H,22,23). The van der Waals surface area contributed by atoms with Crippen LogP contribution in [0, 0.1) is 0 Å². The van der Waals surface area contributed by atoms with Crippen LogP contribution in [-0.2, 0) is 26.6 Å². The van der Waals surface area contributed by atoms with Gasteiger partial charge in [0.1, 0.15) is 0 Å². The van der Waals surface area contributed by atoms with Gasteiger partial charge in [-0.15, -0.1) is 0 Å². The summed E-state index contributed by atoms with van der Waals surface area (Å²) < 4.78 is 1.81. The van der Waals surface area contributed by atoms with Crippen molar-refractivity contribution in [1.82, 2.24) is 34.8 Å². The number of hydrogen-bond acceptors (Lipinski definition) is 5. The molecule has 0 bridgehead atoms. The normalized spacial score (nSPS) is 11.5. The van der Waals surface area contributed by atoms with E-state index in [4.69, 9.17) is 4.98 Å². The molecule has 4 rings (SSSR count). The minimum absolute atomic E-state index is 0.734. The summed E-state index contributed by atoms with van der Waals surface area (Å²) in [5, 5.41) is 12.9. The molecule has 0 saturated carbocycles. The minimum Gasteiger partial charge on any atom is -0.296 e. The van der Waals surface area contributed by atoms with Crippen LogP contribution in [0.4, 0.5) is 0 Å². The molecule has 4 aromatic rings. The van der Waals surface area contributed by atoms with E-state index in [1.807, 2.05) is 48.6 Å². The molecule has 7 nitrogen and oxygen atoms in total. The van der Waals surface area contributed by atoms with E-state index in [0.29, 0.717) is 0 Å². The Morgan fingerprint density at radius 3 is 2.85 bits per heavy atom. The zero-order valence-corrected chi connectivity index (χ0v) is 14.9. The molecule has 0 aliphatic carbocycles. The van der Waals surface area contributed by atoms with Crippen LogP contribution >= 0.6 is 0 Å². The summed E-state index contributed by atoms with van der Waals surface area (Å²) in [6.07, 6.45) is 10.2. The topological polar surface area (TPSA) is 75.5 Å². The first-order valence-corrected chi connectivity index (χ1v) is 8.55. The van der Waals surface area contributed by atoms with Gasteiger partial charge in [0.15, 0.2) is 0 Å². The van der Waals surface area contributed by atoms with Crippen LogP contribution in [0.3, 0.4) is 0 Å². The Labute approximate surface area is 151 Å². The third-order valence-corrected chi connectivity index (χ3v) is 4.38. The van der Waals surface area contributed by atoms with E-state index in [1.165, 1.54) is 5.56 Å². The largest absolute Gasteiger partial charge is 0.296 e. The number of pyridine rings is 2. The average Bonchev–Trinajstić information content (AvgIpc) is 3.27. The first-order valence-electron chi connectivity index (χ1n) is 8.55. The van der Waals surface area contributed by atoms with E-state index in [2.05, 4.69) is 38.3 Å². The fraction of sp³-hybridized carbons (Fsp3) is 0.263. The Balaban J connectivity index is 1.55. The molecule has 0 atom stereocenters. The maximum atomic E-state index is 4.71. The van der Waals surface area contributed by atoms with Crippen molar-refractivity contribution in [3.8, 4) is 0 Å². The van der Waals surface area contributed by atoms with Crippen molar-refractivity contribution in [3.05, 3.63) is 71.7 Å². The van der Waals surface area contributed by atoms with Crippen molar-refractivity contribution in [2.45, 2.75) is 19.5 Å². The second-order valence-corrected chi connectivity index (χ2v) is 6.58. The van der Waals surface area contributed by atoms with E-state index >= 15 is 0 Å². The van der Waals surface area contributed by atoms with Crippen molar-refractivity contribution in [3.63, 3.8) is 0 Å². The highest BCUT2D eigenvalue weighted by molar-refractivity contribution is 5.83. The van der Waals surface area contributed by atoms with Crippen molar-refractivity contribution >= 4 is 10.9 Å². The number of nitrogens with zero attached hydrogens (tertiary/aromatic N) is 6. The Bertz CT molecular complexity index is 1000. The van der Waals surface area contributed by atoms with Crippen molar-refractivity contribution in [2.24, 2.45) is 7.05 Å². The SMILES string of the molecule is CN(Cc1cccnc1)Cc1ncc(Cc2ccn(C)n2)c2[nH]ncc12. The number of aryl methyl sites for hydroxylation is 1. The van der Waals surface area contributed by atoms with Gasteiger partial charge in [0, 0.05) is 62.3 Å². The number of nitrogens with one attached hydrogen (secondary N) is 1. The molecule has 0 radical (unpaired) electrons. The van der Waals surface area contributed by atoms with Gasteiger partial charge in [0.2, 0.25) is 0 Å². The van der Waals surface area contributed by atoms with Gasteiger partial charge in [-0.25, -0.2) is 0 Å². The molecule has 0 spiro atoms. The molecule has 0 aliphatic rings. The Hall–Kier alpha value is -3.06. The maximum absolute atomic E-state index is 4.71. The summed E-state index contributed by atoms with van der Waals surface area (Å²) in [4.78, 5) is 11.1. The average molecular weight is 347 g/mol. The van der Waals surface area contributed by atoms with Gasteiger partial charge in [-0.3, -0.25) is 24.6 Å². The highest BCUT2D eigenvalue weighted by Gasteiger charge is 2.13. The zero-order chi connectivity index (χ0) is 17.9. The fourth-order valence-electron chi connectivity index (χ4n) is 3.17. The molecular weight excluding hydrogens is 326 g/mol. The van der Waals surface area contributed by atoms with Gasteiger partial charge in [0.25, 0.3) is 0 Å². The number of hydrogen-bond donors (Lipinski definition) is 1. The molecule has 1 N–H and O–H groups in total. The number of aromatic nitrogens is 6. The van der Waals surface area contributed by atoms with Gasteiger partial charge in [0.05, 0.1) is 23.1 Å². The number of H-pyrrole nitrogens is 1. The van der Waals surface area contributed by atoms with Crippen molar-refractivity contribution in [1.29, 1.82) is 0 Å². The van der Waals surface area contributed by atoms with E-state index in [1.54, 1.807) is 6.20 Å². The van der Waals surface area contributed by atoms with Crippen LogP contribution in [0.25, 0.3) is 10.9 Å². The number of rotatable bonds is 6. The molecule has 0 fully saturated rings. The Morgan fingerprint density at radius 2 is 2.08 bits per heavy atom. The quantitative estimate of drug-likeness (QED) is 0.579. The van der Waals surface area contributed by atoms with E-state index < -0.39 is 0 Å². The van der Waals surface area contributed by atoms with Crippen LogP contribution in [0.15, 0.2) is 49.2 Å². The molecule has 26 heavy (non-hydrogen) atoms. The van der Waals surface area contributed by atoms with Crippen molar-refractivity contribution in [2.75, 3.05) is 7.05 Å². The molecule has 4 heterocycles. The third-order valence-electron chi connectivity index (χ3n) is 4.38. The monoisotopic (exact) mass is 347 g/mol. The summed E-state index contributed by atoms with van der Waals surface area (Å²) in [6, 6.07) is 6.07. The third kappa shape index (κ3) is 3.48. The first kappa shape index (κ1) is 16.4. The molecule has 0 saturated heterocycles. The summed E-state index contributed by atoms with van der Waals surface area (Å²) in [5.74, 6) is 0. The van der Waals surface area contributed by atoms with Crippen LogP contribution < -0.4 is 0 Å². The summed E-state index contributed by atoms with van der Waals surface area (Å²) in [7, 11) is 4.01. The first-order chi connectivity index (χ1) is 12.7. The number of fused-ring (bicyclic) bond motifs is 1. The van der Waals surface area contributed by atoms with Gasteiger partial charge in [-0.1, -0.05) is 6.07 Å². The molecule has 132 valence electrons. The lowest BCUT2D eigenvalue weighted by atomic mass is 10.1. The molecule has 0 unspecified atom stereocenters. The van der Waals surface area contributed by atoms with Crippen LogP contribution in [0.1, 0.15) is 22.5 Å². The fourth-order valence-corrected chi connectivity index (χ4v) is 3.17. The summed E-state index contributed by atoms with van der Waals surface area (Å²) >= 11 is 0. The Morgan fingerprint density at radius 1 is 1.15 bits per heavy atom. The zero-order valence-electron chi connectivity index (χ0n) is 14.9. The summed E-state index contributed by atoms with van der Waals surface area (Å²) in [6.45, 7) is 1.57. The molecule has 0 aliphatic heterocycles. The van der Waals surface area contributed by atoms with Crippen LogP contribution in [-0.4, -0.2) is 41.9 Å². The summed E-state index contributed by atoms with van der Waals surface area (Å²) in [5.41, 5.74) is 5.37. The number of aromatic amines is 1. The predicted molar refractivity (Wildman–Crippen MR) is 99.3 cm³/mol. The van der Waals surface area contributed by atoms with Crippen LogP contribution in [0.2, 0.25) is 0 Å². The smallest absolute Gasteiger partial charge is 0.0720 e.